The van der Waals surface area contributed by atoms with Crippen molar-refractivity contribution in [3.8, 4) is 0 Å². The highest BCUT2D eigenvalue weighted by atomic mass is 19.1. The molecule has 3 N–H and O–H groups in total. The molecule has 0 radical (unpaired) electrons. The number of nitrogens with one attached hydrogen (secondary N) is 2. The van der Waals surface area contributed by atoms with Crippen LogP contribution >= 0.6 is 0 Å². The van der Waals surface area contributed by atoms with E-state index >= 15 is 0 Å². The lowest BCUT2D eigenvalue weighted by Gasteiger charge is -2.21. The second-order valence-electron chi connectivity index (χ2n) is 5.07. The Morgan fingerprint density at radius 1 is 1.25 bits per heavy atom. The van der Waals surface area contributed by atoms with Gasteiger partial charge in [0.15, 0.2) is 0 Å². The summed E-state index contributed by atoms with van der Waals surface area (Å²) in [5, 5.41) is 15.0. The molecule has 1 aromatic carbocycles. The number of halogens is 1. The predicted octanol–water partition coefficient (Wildman–Crippen LogP) is 2.03. The topological polar surface area (TPSA) is 78.4 Å². The molecule has 1 aromatic rings. The van der Waals surface area contributed by atoms with E-state index in [1.165, 1.54) is 19.1 Å². The fourth-order valence-corrected chi connectivity index (χ4v) is 2.32. The maximum absolute atomic E-state index is 13.5. The van der Waals surface area contributed by atoms with Gasteiger partial charge in [0.2, 0.25) is 5.91 Å². The van der Waals surface area contributed by atoms with Crippen LogP contribution in [0, 0.1) is 5.82 Å². The molecule has 0 bridgehead atoms. The van der Waals surface area contributed by atoms with Gasteiger partial charge >= 0.3 is 0 Å². The van der Waals surface area contributed by atoms with Crippen LogP contribution in [0.25, 0.3) is 0 Å². The Balaban J connectivity index is 2.13. The van der Waals surface area contributed by atoms with Crippen molar-refractivity contribution in [3.63, 3.8) is 0 Å². The third-order valence-electron chi connectivity index (χ3n) is 3.39. The Labute approximate surface area is 116 Å². The van der Waals surface area contributed by atoms with Crippen molar-refractivity contribution in [2.24, 2.45) is 0 Å². The van der Waals surface area contributed by atoms with Crippen molar-refractivity contribution in [1.82, 2.24) is 0 Å². The fourth-order valence-electron chi connectivity index (χ4n) is 2.32. The SMILES string of the molecule is CC(=O)Nc1cc(NC(=O)C2(O)CCCC2)ccc1F. The Morgan fingerprint density at radius 3 is 2.50 bits per heavy atom. The van der Waals surface area contributed by atoms with E-state index in [1.807, 2.05) is 0 Å². The molecule has 0 saturated heterocycles. The number of benzene rings is 1. The average Bonchev–Trinajstić information content (AvgIpc) is 2.81. The van der Waals surface area contributed by atoms with Crippen LogP contribution in [0.2, 0.25) is 0 Å². The predicted molar refractivity (Wildman–Crippen MR) is 72.8 cm³/mol. The molecule has 1 saturated carbocycles. The second-order valence-corrected chi connectivity index (χ2v) is 5.07. The van der Waals surface area contributed by atoms with Crippen LogP contribution in [0.15, 0.2) is 18.2 Å². The van der Waals surface area contributed by atoms with Gasteiger partial charge in [0.05, 0.1) is 5.69 Å². The molecule has 20 heavy (non-hydrogen) atoms. The van der Waals surface area contributed by atoms with Gasteiger partial charge in [-0.3, -0.25) is 9.59 Å². The molecule has 2 amide bonds. The summed E-state index contributed by atoms with van der Waals surface area (Å²) in [6, 6.07) is 3.86. The third-order valence-corrected chi connectivity index (χ3v) is 3.39. The van der Waals surface area contributed by atoms with Gasteiger partial charge in [-0.25, -0.2) is 4.39 Å². The van der Waals surface area contributed by atoms with E-state index < -0.39 is 23.2 Å². The highest BCUT2D eigenvalue weighted by Crippen LogP contribution is 2.31. The summed E-state index contributed by atoms with van der Waals surface area (Å²) < 4.78 is 13.5. The van der Waals surface area contributed by atoms with Gasteiger partial charge in [0.1, 0.15) is 11.4 Å². The van der Waals surface area contributed by atoms with E-state index in [0.29, 0.717) is 18.5 Å². The minimum absolute atomic E-state index is 0.00582. The van der Waals surface area contributed by atoms with Crippen LogP contribution in [-0.4, -0.2) is 22.5 Å². The Morgan fingerprint density at radius 2 is 1.90 bits per heavy atom. The van der Waals surface area contributed by atoms with Crippen LogP contribution in [0.1, 0.15) is 32.6 Å². The number of amides is 2. The highest BCUT2D eigenvalue weighted by molar-refractivity contribution is 5.98. The van der Waals surface area contributed by atoms with Gasteiger partial charge in [0, 0.05) is 12.6 Å². The van der Waals surface area contributed by atoms with E-state index in [-0.39, 0.29) is 5.69 Å². The van der Waals surface area contributed by atoms with Gasteiger partial charge < -0.3 is 15.7 Å². The number of carbonyl (C=O) groups is 2. The maximum atomic E-state index is 13.5. The van der Waals surface area contributed by atoms with E-state index in [4.69, 9.17) is 0 Å². The first-order chi connectivity index (χ1) is 9.40. The molecule has 0 atom stereocenters. The van der Waals surface area contributed by atoms with Gasteiger partial charge in [0.25, 0.3) is 5.91 Å². The first-order valence-corrected chi connectivity index (χ1v) is 6.52. The zero-order valence-electron chi connectivity index (χ0n) is 11.2. The number of anilines is 2. The summed E-state index contributed by atoms with van der Waals surface area (Å²) in [7, 11) is 0. The molecule has 108 valence electrons. The number of hydrogen-bond donors (Lipinski definition) is 3. The highest BCUT2D eigenvalue weighted by Gasteiger charge is 2.38. The fraction of sp³-hybridized carbons (Fsp3) is 0.429. The summed E-state index contributed by atoms with van der Waals surface area (Å²) >= 11 is 0. The van der Waals surface area contributed by atoms with Gasteiger partial charge in [-0.2, -0.15) is 0 Å². The molecule has 0 heterocycles. The maximum Gasteiger partial charge on any atom is 0.256 e. The molecule has 1 aliphatic carbocycles. The van der Waals surface area contributed by atoms with E-state index in [9.17, 15) is 19.1 Å². The summed E-state index contributed by atoms with van der Waals surface area (Å²) in [6.07, 6.45) is 2.48. The number of carbonyl (C=O) groups excluding carboxylic acids is 2. The van der Waals surface area contributed by atoms with Crippen molar-refractivity contribution in [1.29, 1.82) is 0 Å². The molecule has 1 fully saturated rings. The average molecular weight is 280 g/mol. The minimum Gasteiger partial charge on any atom is -0.380 e. The first-order valence-electron chi connectivity index (χ1n) is 6.52. The summed E-state index contributed by atoms with van der Waals surface area (Å²) in [6.45, 7) is 1.27. The van der Waals surface area contributed by atoms with Gasteiger partial charge in [-0.15, -0.1) is 0 Å². The van der Waals surface area contributed by atoms with E-state index in [0.717, 1.165) is 18.9 Å². The molecule has 1 aliphatic rings. The van der Waals surface area contributed by atoms with Crippen LogP contribution < -0.4 is 10.6 Å². The van der Waals surface area contributed by atoms with E-state index in [1.54, 1.807) is 0 Å². The molecular weight excluding hydrogens is 263 g/mol. The van der Waals surface area contributed by atoms with E-state index in [2.05, 4.69) is 10.6 Å². The Hall–Kier alpha value is -1.95. The second kappa shape index (κ2) is 5.58. The molecule has 5 nitrogen and oxygen atoms in total. The lowest BCUT2D eigenvalue weighted by molar-refractivity contribution is -0.133. The largest absolute Gasteiger partial charge is 0.380 e. The van der Waals surface area contributed by atoms with Crippen molar-refractivity contribution >= 4 is 23.2 Å². The molecular formula is C14H17FN2O3. The summed E-state index contributed by atoms with van der Waals surface area (Å²) in [4.78, 5) is 23.0. The van der Waals surface area contributed by atoms with Crippen molar-refractivity contribution in [3.05, 3.63) is 24.0 Å². The number of rotatable bonds is 3. The monoisotopic (exact) mass is 280 g/mol. The van der Waals surface area contributed by atoms with Crippen molar-refractivity contribution < 1.29 is 19.1 Å². The molecule has 0 aromatic heterocycles. The third kappa shape index (κ3) is 3.14. The van der Waals surface area contributed by atoms with Crippen LogP contribution in [0.5, 0.6) is 0 Å². The first kappa shape index (κ1) is 14.5. The quantitative estimate of drug-likeness (QED) is 0.792. The van der Waals surface area contributed by atoms with Crippen LogP contribution in [0.4, 0.5) is 15.8 Å². The lowest BCUT2D eigenvalue weighted by Crippen LogP contribution is -2.40. The minimum atomic E-state index is -1.34. The van der Waals surface area contributed by atoms with Crippen LogP contribution in [-0.2, 0) is 9.59 Å². The normalized spacial score (nSPS) is 16.8. The Bertz CT molecular complexity index is 539. The molecule has 0 aliphatic heterocycles. The van der Waals surface area contributed by atoms with Crippen LogP contribution in [0.3, 0.4) is 0 Å². The summed E-state index contributed by atoms with van der Waals surface area (Å²) in [5.74, 6) is -1.48. The summed E-state index contributed by atoms with van der Waals surface area (Å²) in [5.41, 5.74) is -1.02. The number of hydrogen-bond acceptors (Lipinski definition) is 3. The smallest absolute Gasteiger partial charge is 0.256 e. The lowest BCUT2D eigenvalue weighted by atomic mass is 10.0. The van der Waals surface area contributed by atoms with Gasteiger partial charge in [-0.1, -0.05) is 0 Å². The molecule has 0 unspecified atom stereocenters. The zero-order chi connectivity index (χ0) is 14.8. The molecule has 2 rings (SSSR count). The standard InChI is InChI=1S/C14H17FN2O3/c1-9(18)16-12-8-10(4-5-11(12)15)17-13(19)14(20)6-2-3-7-14/h4-5,8,20H,2-3,6-7H2,1H3,(H,16,18)(H,17,19). The van der Waals surface area contributed by atoms with Crippen molar-refractivity contribution in [2.45, 2.75) is 38.2 Å². The number of aliphatic hydroxyl groups is 1. The van der Waals surface area contributed by atoms with Crippen molar-refractivity contribution in [2.75, 3.05) is 10.6 Å². The molecule has 6 heteroatoms. The van der Waals surface area contributed by atoms with Gasteiger partial charge in [-0.05, 0) is 43.9 Å². The molecule has 0 spiro atoms. The Kier molecular flexibility index (Phi) is 4.04. The zero-order valence-corrected chi connectivity index (χ0v) is 11.2.